The van der Waals surface area contributed by atoms with Crippen molar-refractivity contribution in [2.24, 2.45) is 5.73 Å². The lowest BCUT2D eigenvalue weighted by Gasteiger charge is -2.19. The molecule has 0 aliphatic carbocycles. The number of ether oxygens (including phenoxy) is 2. The Labute approximate surface area is 127 Å². The molecule has 0 bridgehead atoms. The SMILES string of the molecule is COc1cccc(OC)c1C(N)c1cccc2ccsc12. The van der Waals surface area contributed by atoms with Crippen molar-refractivity contribution in [2.45, 2.75) is 6.04 Å². The normalized spacial score (nSPS) is 12.3. The molecule has 0 amide bonds. The molecule has 3 nitrogen and oxygen atoms in total. The summed E-state index contributed by atoms with van der Waals surface area (Å²) in [5.41, 5.74) is 8.51. The van der Waals surface area contributed by atoms with E-state index in [-0.39, 0.29) is 6.04 Å². The zero-order valence-corrected chi connectivity index (χ0v) is 12.8. The van der Waals surface area contributed by atoms with Crippen LogP contribution in [0.5, 0.6) is 11.5 Å². The molecule has 0 saturated heterocycles. The first-order chi connectivity index (χ1) is 10.3. The van der Waals surface area contributed by atoms with E-state index in [2.05, 4.69) is 23.6 Å². The molecular weight excluding hydrogens is 282 g/mol. The maximum absolute atomic E-state index is 6.54. The van der Waals surface area contributed by atoms with E-state index in [1.54, 1.807) is 25.6 Å². The van der Waals surface area contributed by atoms with Gasteiger partial charge in [-0.05, 0) is 34.5 Å². The summed E-state index contributed by atoms with van der Waals surface area (Å²) in [6.07, 6.45) is 0. The Morgan fingerprint density at radius 2 is 1.62 bits per heavy atom. The molecule has 0 spiro atoms. The van der Waals surface area contributed by atoms with Gasteiger partial charge < -0.3 is 15.2 Å². The van der Waals surface area contributed by atoms with E-state index < -0.39 is 0 Å². The molecule has 3 rings (SSSR count). The largest absolute Gasteiger partial charge is 0.496 e. The van der Waals surface area contributed by atoms with Gasteiger partial charge in [-0.2, -0.15) is 0 Å². The van der Waals surface area contributed by atoms with Crippen molar-refractivity contribution in [3.05, 3.63) is 59.0 Å². The monoisotopic (exact) mass is 299 g/mol. The number of rotatable bonds is 4. The molecule has 1 heterocycles. The topological polar surface area (TPSA) is 44.5 Å². The Morgan fingerprint density at radius 3 is 2.29 bits per heavy atom. The third kappa shape index (κ3) is 2.37. The number of nitrogens with two attached hydrogens (primary N) is 1. The van der Waals surface area contributed by atoms with Gasteiger partial charge in [0.25, 0.3) is 0 Å². The number of methoxy groups -OCH3 is 2. The zero-order valence-electron chi connectivity index (χ0n) is 12.0. The molecule has 3 aromatic rings. The smallest absolute Gasteiger partial charge is 0.127 e. The molecule has 0 fully saturated rings. The fourth-order valence-corrected chi connectivity index (χ4v) is 3.56. The first-order valence-corrected chi connectivity index (χ1v) is 7.56. The number of hydrogen-bond acceptors (Lipinski definition) is 4. The summed E-state index contributed by atoms with van der Waals surface area (Å²) in [4.78, 5) is 0. The summed E-state index contributed by atoms with van der Waals surface area (Å²) in [6, 6.07) is 13.7. The first-order valence-electron chi connectivity index (χ1n) is 6.69. The van der Waals surface area contributed by atoms with Crippen LogP contribution in [-0.4, -0.2) is 14.2 Å². The standard InChI is InChI=1S/C17H17NO2S/c1-19-13-7-4-8-14(20-2)15(13)16(18)12-6-3-5-11-9-10-21-17(11)12/h3-10,16H,18H2,1-2H3. The number of benzene rings is 2. The fourth-order valence-electron chi connectivity index (χ4n) is 2.60. The predicted molar refractivity (Wildman–Crippen MR) is 87.4 cm³/mol. The lowest BCUT2D eigenvalue weighted by molar-refractivity contribution is 0.382. The maximum atomic E-state index is 6.54. The van der Waals surface area contributed by atoms with Gasteiger partial charge in [0.1, 0.15) is 11.5 Å². The minimum absolute atomic E-state index is 0.293. The average molecular weight is 299 g/mol. The molecule has 21 heavy (non-hydrogen) atoms. The molecule has 108 valence electrons. The molecule has 1 atom stereocenters. The number of hydrogen-bond donors (Lipinski definition) is 1. The summed E-state index contributed by atoms with van der Waals surface area (Å²) in [7, 11) is 3.30. The van der Waals surface area contributed by atoms with Crippen LogP contribution < -0.4 is 15.2 Å². The number of thiophene rings is 1. The lowest BCUT2D eigenvalue weighted by atomic mass is 9.97. The molecule has 0 radical (unpaired) electrons. The minimum Gasteiger partial charge on any atom is -0.496 e. The Hall–Kier alpha value is -2.04. The van der Waals surface area contributed by atoms with Crippen molar-refractivity contribution < 1.29 is 9.47 Å². The third-order valence-corrected chi connectivity index (χ3v) is 4.60. The summed E-state index contributed by atoms with van der Waals surface area (Å²) < 4.78 is 12.1. The molecular formula is C17H17NO2S. The van der Waals surface area contributed by atoms with Crippen molar-refractivity contribution in [3.8, 4) is 11.5 Å². The first kappa shape index (κ1) is 13.9. The summed E-state index contributed by atoms with van der Waals surface area (Å²) in [6.45, 7) is 0. The van der Waals surface area contributed by atoms with Crippen LogP contribution in [0.4, 0.5) is 0 Å². The summed E-state index contributed by atoms with van der Waals surface area (Å²) in [5, 5.41) is 3.29. The Morgan fingerprint density at radius 1 is 0.952 bits per heavy atom. The van der Waals surface area contributed by atoms with Gasteiger partial charge in [-0.3, -0.25) is 0 Å². The van der Waals surface area contributed by atoms with E-state index in [1.807, 2.05) is 24.3 Å². The van der Waals surface area contributed by atoms with Gasteiger partial charge in [0.2, 0.25) is 0 Å². The van der Waals surface area contributed by atoms with Crippen molar-refractivity contribution in [1.82, 2.24) is 0 Å². The van der Waals surface area contributed by atoms with E-state index in [9.17, 15) is 0 Å². The van der Waals surface area contributed by atoms with Crippen LogP contribution in [0.1, 0.15) is 17.2 Å². The Bertz CT molecular complexity index is 744. The summed E-state index contributed by atoms with van der Waals surface area (Å²) in [5.74, 6) is 1.49. The Kier molecular flexibility index (Phi) is 3.82. The van der Waals surface area contributed by atoms with Crippen LogP contribution in [-0.2, 0) is 0 Å². The second kappa shape index (κ2) is 5.76. The highest BCUT2D eigenvalue weighted by molar-refractivity contribution is 7.17. The van der Waals surface area contributed by atoms with Crippen LogP contribution >= 0.6 is 11.3 Å². The van der Waals surface area contributed by atoms with Crippen molar-refractivity contribution in [3.63, 3.8) is 0 Å². The van der Waals surface area contributed by atoms with Crippen molar-refractivity contribution in [2.75, 3.05) is 14.2 Å². The van der Waals surface area contributed by atoms with Gasteiger partial charge in [0.05, 0.1) is 25.8 Å². The highest BCUT2D eigenvalue weighted by atomic mass is 32.1. The van der Waals surface area contributed by atoms with Crippen LogP contribution in [0.25, 0.3) is 10.1 Å². The van der Waals surface area contributed by atoms with E-state index >= 15 is 0 Å². The minimum atomic E-state index is -0.293. The van der Waals surface area contributed by atoms with Crippen LogP contribution in [0.3, 0.4) is 0 Å². The van der Waals surface area contributed by atoms with Gasteiger partial charge in [-0.15, -0.1) is 11.3 Å². The van der Waals surface area contributed by atoms with Gasteiger partial charge in [-0.25, -0.2) is 0 Å². The van der Waals surface area contributed by atoms with Gasteiger partial charge in [0, 0.05) is 4.70 Å². The zero-order chi connectivity index (χ0) is 14.8. The van der Waals surface area contributed by atoms with Gasteiger partial charge in [-0.1, -0.05) is 24.3 Å². The van der Waals surface area contributed by atoms with Crippen LogP contribution in [0.2, 0.25) is 0 Å². The summed E-state index contributed by atoms with van der Waals surface area (Å²) >= 11 is 1.70. The molecule has 1 aromatic heterocycles. The molecule has 0 aliphatic rings. The highest BCUT2D eigenvalue weighted by Gasteiger charge is 2.21. The Balaban J connectivity index is 2.18. The van der Waals surface area contributed by atoms with Crippen LogP contribution in [0, 0.1) is 0 Å². The number of fused-ring (bicyclic) bond motifs is 1. The molecule has 0 aliphatic heterocycles. The molecule has 4 heteroatoms. The molecule has 2 N–H and O–H groups in total. The lowest BCUT2D eigenvalue weighted by Crippen LogP contribution is -2.14. The van der Waals surface area contributed by atoms with Gasteiger partial charge >= 0.3 is 0 Å². The quantitative estimate of drug-likeness (QED) is 0.793. The van der Waals surface area contributed by atoms with Crippen LogP contribution in [0.15, 0.2) is 47.8 Å². The average Bonchev–Trinajstić information content (AvgIpc) is 3.01. The van der Waals surface area contributed by atoms with Crippen molar-refractivity contribution >= 4 is 21.4 Å². The third-order valence-electron chi connectivity index (χ3n) is 3.62. The molecule has 0 saturated carbocycles. The second-order valence-corrected chi connectivity index (χ2v) is 5.66. The predicted octanol–water partition coefficient (Wildman–Crippen LogP) is 3.97. The second-order valence-electron chi connectivity index (χ2n) is 4.74. The highest BCUT2D eigenvalue weighted by Crippen LogP contribution is 2.39. The van der Waals surface area contributed by atoms with Crippen molar-refractivity contribution in [1.29, 1.82) is 0 Å². The van der Waals surface area contributed by atoms with E-state index in [4.69, 9.17) is 15.2 Å². The van der Waals surface area contributed by atoms with E-state index in [0.717, 1.165) is 22.6 Å². The van der Waals surface area contributed by atoms with Gasteiger partial charge in [0.15, 0.2) is 0 Å². The van der Waals surface area contributed by atoms with E-state index in [1.165, 1.54) is 10.1 Å². The fraction of sp³-hybridized carbons (Fsp3) is 0.176. The molecule has 2 aromatic carbocycles. The maximum Gasteiger partial charge on any atom is 0.127 e. The van der Waals surface area contributed by atoms with E-state index in [0.29, 0.717) is 0 Å². The molecule has 1 unspecified atom stereocenters.